The van der Waals surface area contributed by atoms with Crippen molar-refractivity contribution in [3.05, 3.63) is 34.9 Å². The van der Waals surface area contributed by atoms with Gasteiger partial charge in [0.25, 0.3) is 5.91 Å². The molecule has 1 saturated heterocycles. The third kappa shape index (κ3) is 2.28. The van der Waals surface area contributed by atoms with E-state index in [0.29, 0.717) is 31.9 Å². The lowest BCUT2D eigenvalue weighted by atomic mass is 10.0. The molecular formula is C14H16N2O4. The van der Waals surface area contributed by atoms with Crippen LogP contribution < -0.4 is 5.32 Å². The number of hydrogen-bond acceptors (Lipinski definition) is 4. The van der Waals surface area contributed by atoms with Crippen molar-refractivity contribution in [2.24, 2.45) is 0 Å². The number of rotatable bonds is 2. The zero-order valence-electron chi connectivity index (χ0n) is 11.0. The Morgan fingerprint density at radius 2 is 2.10 bits per heavy atom. The molecule has 6 heteroatoms. The fraction of sp³-hybridized carbons (Fsp3) is 0.429. The van der Waals surface area contributed by atoms with Gasteiger partial charge in [0.05, 0.1) is 13.2 Å². The summed E-state index contributed by atoms with van der Waals surface area (Å²) in [7, 11) is 0. The van der Waals surface area contributed by atoms with Gasteiger partial charge in [-0.15, -0.1) is 0 Å². The molecule has 1 atom stereocenters. The van der Waals surface area contributed by atoms with Crippen LogP contribution in [0.4, 0.5) is 0 Å². The van der Waals surface area contributed by atoms with E-state index in [-0.39, 0.29) is 12.5 Å². The van der Waals surface area contributed by atoms with Gasteiger partial charge in [0.15, 0.2) is 0 Å². The predicted molar refractivity (Wildman–Crippen MR) is 70.3 cm³/mol. The van der Waals surface area contributed by atoms with Crippen molar-refractivity contribution in [2.45, 2.75) is 19.3 Å². The van der Waals surface area contributed by atoms with Gasteiger partial charge < -0.3 is 20.1 Å². The zero-order chi connectivity index (χ0) is 14.1. The van der Waals surface area contributed by atoms with Crippen molar-refractivity contribution in [3.8, 4) is 0 Å². The highest BCUT2D eigenvalue weighted by Crippen LogP contribution is 2.22. The SMILES string of the molecule is O=C(O)C1CNCCN1C(=O)c1ccc2c(c1)COC2. The average molecular weight is 276 g/mol. The number of carbonyl (C=O) groups is 2. The summed E-state index contributed by atoms with van der Waals surface area (Å²) in [6.07, 6.45) is 0. The van der Waals surface area contributed by atoms with Crippen LogP contribution in [0.2, 0.25) is 0 Å². The second-order valence-electron chi connectivity index (χ2n) is 5.03. The van der Waals surface area contributed by atoms with Crippen molar-refractivity contribution in [2.75, 3.05) is 19.6 Å². The van der Waals surface area contributed by atoms with Crippen molar-refractivity contribution in [1.29, 1.82) is 0 Å². The third-order valence-corrected chi connectivity index (χ3v) is 3.76. The number of carbonyl (C=O) groups excluding carboxylic acids is 1. The van der Waals surface area contributed by atoms with Crippen LogP contribution in [0.5, 0.6) is 0 Å². The fourth-order valence-electron chi connectivity index (χ4n) is 2.64. The molecule has 3 rings (SSSR count). The molecule has 0 spiro atoms. The number of benzene rings is 1. The minimum absolute atomic E-state index is 0.228. The largest absolute Gasteiger partial charge is 0.480 e. The van der Waals surface area contributed by atoms with Gasteiger partial charge in [-0.2, -0.15) is 0 Å². The van der Waals surface area contributed by atoms with Gasteiger partial charge in [0.2, 0.25) is 0 Å². The number of aliphatic carboxylic acids is 1. The lowest BCUT2D eigenvalue weighted by molar-refractivity contribution is -0.142. The minimum atomic E-state index is -0.977. The van der Waals surface area contributed by atoms with Crippen molar-refractivity contribution in [3.63, 3.8) is 0 Å². The summed E-state index contributed by atoms with van der Waals surface area (Å²) < 4.78 is 5.33. The smallest absolute Gasteiger partial charge is 0.327 e. The van der Waals surface area contributed by atoms with E-state index in [1.807, 2.05) is 12.1 Å². The van der Waals surface area contributed by atoms with E-state index in [1.165, 1.54) is 4.90 Å². The number of carboxylic acids is 1. The minimum Gasteiger partial charge on any atom is -0.480 e. The van der Waals surface area contributed by atoms with Crippen molar-refractivity contribution < 1.29 is 19.4 Å². The van der Waals surface area contributed by atoms with Crippen LogP contribution in [0.15, 0.2) is 18.2 Å². The molecule has 0 saturated carbocycles. The maximum atomic E-state index is 12.5. The summed E-state index contributed by atoms with van der Waals surface area (Å²) in [6.45, 7) is 2.40. The highest BCUT2D eigenvalue weighted by Gasteiger charge is 2.32. The molecule has 6 nitrogen and oxygen atoms in total. The predicted octanol–water partition coefficient (Wildman–Crippen LogP) is 0.215. The van der Waals surface area contributed by atoms with E-state index in [9.17, 15) is 14.7 Å². The van der Waals surface area contributed by atoms with Crippen LogP contribution in [0.1, 0.15) is 21.5 Å². The van der Waals surface area contributed by atoms with Crippen molar-refractivity contribution in [1.82, 2.24) is 10.2 Å². The number of ether oxygens (including phenoxy) is 1. The lowest BCUT2D eigenvalue weighted by Gasteiger charge is -2.33. The molecule has 1 unspecified atom stereocenters. The number of piperazine rings is 1. The van der Waals surface area contributed by atoms with E-state index < -0.39 is 12.0 Å². The third-order valence-electron chi connectivity index (χ3n) is 3.76. The summed E-state index contributed by atoms with van der Waals surface area (Å²) in [4.78, 5) is 25.2. The summed E-state index contributed by atoms with van der Waals surface area (Å²) in [5, 5.41) is 12.2. The van der Waals surface area contributed by atoms with E-state index in [1.54, 1.807) is 6.07 Å². The second-order valence-corrected chi connectivity index (χ2v) is 5.03. The van der Waals surface area contributed by atoms with Crippen LogP contribution in [0.25, 0.3) is 0 Å². The van der Waals surface area contributed by atoms with Crippen LogP contribution in [-0.2, 0) is 22.7 Å². The first-order valence-electron chi connectivity index (χ1n) is 6.61. The van der Waals surface area contributed by atoms with E-state index in [0.717, 1.165) is 11.1 Å². The van der Waals surface area contributed by atoms with Gasteiger partial charge >= 0.3 is 5.97 Å². The highest BCUT2D eigenvalue weighted by molar-refractivity contribution is 5.97. The second kappa shape index (κ2) is 5.22. The molecule has 0 bridgehead atoms. The molecule has 2 N–H and O–H groups in total. The number of hydrogen-bond donors (Lipinski definition) is 2. The van der Waals surface area contributed by atoms with Gasteiger partial charge in [-0.05, 0) is 23.3 Å². The number of nitrogens with zero attached hydrogens (tertiary/aromatic N) is 1. The first-order chi connectivity index (χ1) is 9.66. The maximum absolute atomic E-state index is 12.5. The van der Waals surface area contributed by atoms with Crippen LogP contribution in [0, 0.1) is 0 Å². The highest BCUT2D eigenvalue weighted by atomic mass is 16.5. The molecule has 1 fully saturated rings. The molecule has 0 aromatic heterocycles. The van der Waals surface area contributed by atoms with Gasteiger partial charge in [0, 0.05) is 25.2 Å². The Hall–Kier alpha value is -1.92. The molecular weight excluding hydrogens is 260 g/mol. The van der Waals surface area contributed by atoms with E-state index >= 15 is 0 Å². The molecule has 0 aliphatic carbocycles. The molecule has 1 aromatic rings. The monoisotopic (exact) mass is 276 g/mol. The molecule has 0 radical (unpaired) electrons. The summed E-state index contributed by atoms with van der Waals surface area (Å²) >= 11 is 0. The van der Waals surface area contributed by atoms with Gasteiger partial charge in [-0.1, -0.05) is 6.07 Å². The topological polar surface area (TPSA) is 78.9 Å². The Morgan fingerprint density at radius 1 is 1.30 bits per heavy atom. The standard InChI is InChI=1S/C14H16N2O4/c17-13(16-4-3-15-6-12(16)14(18)19)9-1-2-10-7-20-8-11(10)5-9/h1-2,5,12,15H,3-4,6-8H2,(H,18,19). The molecule has 2 aliphatic heterocycles. The average Bonchev–Trinajstić information content (AvgIpc) is 2.93. The Kier molecular flexibility index (Phi) is 3.42. The van der Waals surface area contributed by atoms with E-state index in [2.05, 4.69) is 5.32 Å². The summed E-state index contributed by atoms with van der Waals surface area (Å²) in [6, 6.07) is 4.64. The number of fused-ring (bicyclic) bond motifs is 1. The summed E-state index contributed by atoms with van der Waals surface area (Å²) in [5.74, 6) is -1.20. The normalized spacial score (nSPS) is 21.6. The van der Waals surface area contributed by atoms with Crippen molar-refractivity contribution >= 4 is 11.9 Å². The first kappa shape index (κ1) is 13.1. The maximum Gasteiger partial charge on any atom is 0.327 e. The number of nitrogens with one attached hydrogen (secondary N) is 1. The first-order valence-corrected chi connectivity index (χ1v) is 6.61. The Balaban J connectivity index is 1.85. The van der Waals surface area contributed by atoms with Crippen LogP contribution >= 0.6 is 0 Å². The van der Waals surface area contributed by atoms with Crippen LogP contribution in [-0.4, -0.2) is 47.6 Å². The molecule has 106 valence electrons. The lowest BCUT2D eigenvalue weighted by Crippen LogP contribution is -2.57. The molecule has 1 amide bonds. The number of carboxylic acid groups (broad SMARTS) is 1. The Morgan fingerprint density at radius 3 is 2.90 bits per heavy atom. The molecule has 20 heavy (non-hydrogen) atoms. The van der Waals surface area contributed by atoms with Gasteiger partial charge in [-0.25, -0.2) is 4.79 Å². The van der Waals surface area contributed by atoms with Gasteiger partial charge in [-0.3, -0.25) is 4.79 Å². The molecule has 2 heterocycles. The Bertz CT molecular complexity index is 558. The number of amides is 1. The quantitative estimate of drug-likeness (QED) is 0.807. The summed E-state index contributed by atoms with van der Waals surface area (Å²) in [5.41, 5.74) is 2.64. The van der Waals surface area contributed by atoms with Gasteiger partial charge in [0.1, 0.15) is 6.04 Å². The zero-order valence-corrected chi connectivity index (χ0v) is 11.0. The molecule has 2 aliphatic rings. The fourth-order valence-corrected chi connectivity index (χ4v) is 2.64. The molecule has 1 aromatic carbocycles. The van der Waals surface area contributed by atoms with E-state index in [4.69, 9.17) is 4.74 Å². The van der Waals surface area contributed by atoms with Crippen LogP contribution in [0.3, 0.4) is 0 Å². The Labute approximate surface area is 116 Å².